The van der Waals surface area contributed by atoms with Crippen molar-refractivity contribution in [3.8, 4) is 11.5 Å². The largest absolute Gasteiger partial charge is 0.451 e. The summed E-state index contributed by atoms with van der Waals surface area (Å²) in [6, 6.07) is 5.20. The van der Waals surface area contributed by atoms with E-state index in [0.717, 1.165) is 24.3 Å². The Hall–Kier alpha value is -2.04. The molecule has 0 aromatic heterocycles. The van der Waals surface area contributed by atoms with Crippen molar-refractivity contribution in [3.63, 3.8) is 0 Å². The molecule has 2 rings (SSSR count). The van der Waals surface area contributed by atoms with E-state index in [0.29, 0.717) is 12.1 Å². The minimum atomic E-state index is -0.964. The quantitative estimate of drug-likeness (QED) is 0.722. The zero-order chi connectivity index (χ0) is 12.4. The van der Waals surface area contributed by atoms with Crippen LogP contribution in [-0.4, -0.2) is 0 Å². The van der Waals surface area contributed by atoms with E-state index in [1.54, 1.807) is 0 Å². The van der Waals surface area contributed by atoms with Gasteiger partial charge in [-0.2, -0.15) is 0 Å². The van der Waals surface area contributed by atoms with Crippen molar-refractivity contribution in [3.05, 3.63) is 59.7 Å². The first kappa shape index (κ1) is 11.4. The van der Waals surface area contributed by atoms with E-state index >= 15 is 0 Å². The van der Waals surface area contributed by atoms with Gasteiger partial charge in [0.15, 0.2) is 23.1 Å². The van der Waals surface area contributed by atoms with Crippen LogP contribution in [0.15, 0.2) is 36.4 Å². The number of rotatable bonds is 2. The molecule has 0 aliphatic carbocycles. The second-order valence-electron chi connectivity index (χ2n) is 3.25. The van der Waals surface area contributed by atoms with Crippen LogP contribution in [0.4, 0.5) is 17.6 Å². The third-order valence-corrected chi connectivity index (χ3v) is 2.01. The van der Waals surface area contributed by atoms with Gasteiger partial charge in [0.25, 0.3) is 0 Å². The number of ether oxygens (including phenoxy) is 1. The summed E-state index contributed by atoms with van der Waals surface area (Å²) in [6.07, 6.45) is 0. The van der Waals surface area contributed by atoms with Gasteiger partial charge in [0, 0.05) is 12.1 Å². The maximum Gasteiger partial charge on any atom is 0.168 e. The molecule has 5 heteroatoms. The molecule has 0 fully saturated rings. The van der Waals surface area contributed by atoms with Gasteiger partial charge in [-0.25, -0.2) is 17.6 Å². The topological polar surface area (TPSA) is 9.23 Å². The molecule has 0 aliphatic rings. The van der Waals surface area contributed by atoms with Crippen LogP contribution < -0.4 is 4.74 Å². The molecule has 17 heavy (non-hydrogen) atoms. The van der Waals surface area contributed by atoms with Crippen molar-refractivity contribution in [1.82, 2.24) is 0 Å². The van der Waals surface area contributed by atoms with Gasteiger partial charge in [0.05, 0.1) is 0 Å². The molecule has 0 spiro atoms. The normalized spacial score (nSPS) is 10.4. The number of hydrogen-bond acceptors (Lipinski definition) is 1. The lowest BCUT2D eigenvalue weighted by atomic mass is 10.3. The molecule has 0 atom stereocenters. The van der Waals surface area contributed by atoms with E-state index in [2.05, 4.69) is 0 Å². The Kier molecular flexibility index (Phi) is 2.99. The van der Waals surface area contributed by atoms with E-state index in [1.807, 2.05) is 0 Å². The Labute approximate surface area is 94.3 Å². The second kappa shape index (κ2) is 4.45. The monoisotopic (exact) mass is 242 g/mol. The van der Waals surface area contributed by atoms with E-state index in [1.165, 1.54) is 0 Å². The molecule has 0 bridgehead atoms. The minimum Gasteiger partial charge on any atom is -0.451 e. The van der Waals surface area contributed by atoms with Gasteiger partial charge in [-0.05, 0) is 24.3 Å². The first-order valence-electron chi connectivity index (χ1n) is 4.64. The molecule has 0 radical (unpaired) electrons. The predicted molar refractivity (Wildman–Crippen MR) is 52.8 cm³/mol. The average Bonchev–Trinajstić information content (AvgIpc) is 2.25. The molecular weight excluding hydrogens is 236 g/mol. The third-order valence-electron chi connectivity index (χ3n) is 2.01. The highest BCUT2D eigenvalue weighted by molar-refractivity contribution is 5.33. The van der Waals surface area contributed by atoms with Crippen LogP contribution >= 0.6 is 0 Å². The Bertz CT molecular complexity index is 505. The summed E-state index contributed by atoms with van der Waals surface area (Å²) in [7, 11) is 0. The lowest BCUT2D eigenvalue weighted by molar-refractivity contribution is 0.409. The fourth-order valence-corrected chi connectivity index (χ4v) is 1.23. The summed E-state index contributed by atoms with van der Waals surface area (Å²) < 4.78 is 56.4. The third kappa shape index (κ3) is 2.55. The van der Waals surface area contributed by atoms with Crippen molar-refractivity contribution < 1.29 is 22.3 Å². The van der Waals surface area contributed by atoms with Crippen molar-refractivity contribution in [1.29, 1.82) is 0 Å². The minimum absolute atomic E-state index is 0.336. The molecule has 0 saturated carbocycles. The van der Waals surface area contributed by atoms with Gasteiger partial charge in [-0.1, -0.05) is 0 Å². The lowest BCUT2D eigenvalue weighted by Gasteiger charge is -2.07. The van der Waals surface area contributed by atoms with Crippen molar-refractivity contribution in [2.24, 2.45) is 0 Å². The van der Waals surface area contributed by atoms with E-state index in [4.69, 9.17) is 4.74 Å². The van der Waals surface area contributed by atoms with Gasteiger partial charge in [-0.15, -0.1) is 0 Å². The van der Waals surface area contributed by atoms with Crippen LogP contribution in [0, 0.1) is 23.3 Å². The van der Waals surface area contributed by atoms with Gasteiger partial charge in [-0.3, -0.25) is 0 Å². The summed E-state index contributed by atoms with van der Waals surface area (Å²) in [5.74, 6) is -4.14. The molecule has 0 amide bonds. The fraction of sp³-hybridized carbons (Fsp3) is 0. The Morgan fingerprint density at radius 1 is 0.647 bits per heavy atom. The molecule has 0 N–H and O–H groups in total. The van der Waals surface area contributed by atoms with Crippen LogP contribution in [0.25, 0.3) is 0 Å². The number of halogens is 4. The van der Waals surface area contributed by atoms with Crippen LogP contribution in [0.3, 0.4) is 0 Å². The van der Waals surface area contributed by atoms with Crippen LogP contribution in [0.1, 0.15) is 0 Å². The van der Waals surface area contributed by atoms with Crippen LogP contribution in [-0.2, 0) is 0 Å². The van der Waals surface area contributed by atoms with Crippen molar-refractivity contribution >= 4 is 0 Å². The maximum absolute atomic E-state index is 13.2. The van der Waals surface area contributed by atoms with E-state index in [9.17, 15) is 17.6 Å². The SMILES string of the molecule is Fc1ccc(Oc2ccc(F)cc2F)c(F)c1. The molecular formula is C12H6F4O. The lowest BCUT2D eigenvalue weighted by Crippen LogP contribution is -1.92. The average molecular weight is 242 g/mol. The summed E-state index contributed by atoms with van der Waals surface area (Å²) >= 11 is 0. The van der Waals surface area contributed by atoms with Crippen molar-refractivity contribution in [2.75, 3.05) is 0 Å². The number of benzene rings is 2. The van der Waals surface area contributed by atoms with Crippen LogP contribution in [0.2, 0.25) is 0 Å². The van der Waals surface area contributed by atoms with Crippen molar-refractivity contribution in [2.45, 2.75) is 0 Å². The summed E-state index contributed by atoms with van der Waals surface area (Å²) in [5, 5.41) is 0. The zero-order valence-corrected chi connectivity index (χ0v) is 8.38. The van der Waals surface area contributed by atoms with Gasteiger partial charge in [0.1, 0.15) is 11.6 Å². The van der Waals surface area contributed by atoms with Crippen LogP contribution in [0.5, 0.6) is 11.5 Å². The molecule has 1 nitrogen and oxygen atoms in total. The van der Waals surface area contributed by atoms with E-state index < -0.39 is 23.3 Å². The molecule has 88 valence electrons. The number of hydrogen-bond donors (Lipinski definition) is 0. The highest BCUT2D eigenvalue weighted by Crippen LogP contribution is 2.27. The summed E-state index contributed by atoms with van der Waals surface area (Å²) in [4.78, 5) is 0. The molecule has 0 aliphatic heterocycles. The molecule has 0 saturated heterocycles. The summed E-state index contributed by atoms with van der Waals surface area (Å²) in [6.45, 7) is 0. The fourth-order valence-electron chi connectivity index (χ4n) is 1.23. The molecule has 0 unspecified atom stereocenters. The Balaban J connectivity index is 2.31. The first-order chi connectivity index (χ1) is 8.06. The first-order valence-corrected chi connectivity index (χ1v) is 4.64. The second-order valence-corrected chi connectivity index (χ2v) is 3.25. The predicted octanol–water partition coefficient (Wildman–Crippen LogP) is 4.04. The molecule has 0 heterocycles. The van der Waals surface area contributed by atoms with Gasteiger partial charge in [0.2, 0.25) is 0 Å². The van der Waals surface area contributed by atoms with Gasteiger partial charge < -0.3 is 4.74 Å². The smallest absolute Gasteiger partial charge is 0.168 e. The molecule has 2 aromatic rings. The standard InChI is InChI=1S/C12H6F4O/c13-7-1-3-11(9(15)5-7)17-12-4-2-8(14)6-10(12)16/h1-6H. The highest BCUT2D eigenvalue weighted by Gasteiger charge is 2.10. The maximum atomic E-state index is 13.2. The summed E-state index contributed by atoms with van der Waals surface area (Å²) in [5.41, 5.74) is 0. The van der Waals surface area contributed by atoms with Gasteiger partial charge >= 0.3 is 0 Å². The molecule has 2 aromatic carbocycles. The Morgan fingerprint density at radius 2 is 1.06 bits per heavy atom. The zero-order valence-electron chi connectivity index (χ0n) is 8.38. The Morgan fingerprint density at radius 3 is 1.41 bits per heavy atom. The van der Waals surface area contributed by atoms with E-state index in [-0.39, 0.29) is 11.5 Å². The highest BCUT2D eigenvalue weighted by atomic mass is 19.1.